The molecule has 6 heterocycles. The van der Waals surface area contributed by atoms with Gasteiger partial charge in [-0.1, -0.05) is 59.1 Å². The third-order valence-electron chi connectivity index (χ3n) is 18.4. The van der Waals surface area contributed by atoms with Crippen LogP contribution in [-0.4, -0.2) is 144 Å². The molecule has 87 heavy (non-hydrogen) atoms. The van der Waals surface area contributed by atoms with Crippen LogP contribution in [-0.2, 0) is 32.7 Å². The van der Waals surface area contributed by atoms with Crippen LogP contribution in [0.1, 0.15) is 109 Å². The number of ether oxygens (including phenoxy) is 1. The smallest absolute Gasteiger partial charge is 0.293 e. The van der Waals surface area contributed by atoms with Crippen LogP contribution in [0.15, 0.2) is 112 Å². The number of hydrogen-bond donors (Lipinski definition) is 4. The van der Waals surface area contributed by atoms with Crippen LogP contribution in [0.25, 0.3) is 16.6 Å². The normalized spacial score (nSPS) is 21.5. The number of anilines is 2. The number of carbonyl (C=O) groups is 4. The lowest BCUT2D eigenvalue weighted by Gasteiger charge is -2.42. The van der Waals surface area contributed by atoms with E-state index < -0.39 is 43.4 Å². The summed E-state index contributed by atoms with van der Waals surface area (Å²) in [6.07, 6.45) is 10.8. The Morgan fingerprint density at radius 1 is 0.874 bits per heavy atom. The minimum absolute atomic E-state index is 0.0513. The van der Waals surface area contributed by atoms with E-state index in [1.54, 1.807) is 35.4 Å². The molecule has 456 valence electrons. The molecule has 1 unspecified atom stereocenters. The number of H-pyrrole nitrogens is 1. The molecule has 6 aromatic rings. The van der Waals surface area contributed by atoms with Crippen molar-refractivity contribution in [2.75, 3.05) is 75.7 Å². The molecular formula is C64H71BrClN11O9S. The Balaban J connectivity index is 0.649. The van der Waals surface area contributed by atoms with Gasteiger partial charge in [0.15, 0.2) is 0 Å². The quantitative estimate of drug-likeness (QED) is 0.0378. The largest absolute Gasteiger partial charge is 0.455 e. The molecule has 0 radical (unpaired) electrons. The highest BCUT2D eigenvalue weighted by Crippen LogP contribution is 2.44. The number of allylic oxidation sites excluding steroid dienone is 1. The molecule has 4 aliphatic heterocycles. The summed E-state index contributed by atoms with van der Waals surface area (Å²) in [6, 6.07) is 24.2. The van der Waals surface area contributed by atoms with Crippen molar-refractivity contribution in [3.63, 3.8) is 0 Å². The van der Waals surface area contributed by atoms with E-state index in [1.165, 1.54) is 35.0 Å². The molecule has 4 fully saturated rings. The van der Waals surface area contributed by atoms with E-state index in [1.807, 2.05) is 24.3 Å². The lowest BCUT2D eigenvalue weighted by molar-refractivity contribution is -0.384. The van der Waals surface area contributed by atoms with Crippen molar-refractivity contribution in [3.8, 4) is 11.5 Å². The zero-order chi connectivity index (χ0) is 60.7. The van der Waals surface area contributed by atoms with E-state index in [2.05, 4.69) is 92.9 Å². The summed E-state index contributed by atoms with van der Waals surface area (Å²) >= 11 is 9.97. The molecule has 0 spiro atoms. The molecule has 20 nitrogen and oxygen atoms in total. The Labute approximate surface area is 519 Å². The number of nitrogens with one attached hydrogen (secondary N) is 4. The molecule has 1 saturated carbocycles. The first-order valence-electron chi connectivity index (χ1n) is 30.0. The lowest BCUT2D eigenvalue weighted by atomic mass is 9.72. The van der Waals surface area contributed by atoms with E-state index >= 15 is 0 Å². The molecule has 4 aromatic carbocycles. The molecule has 23 heteroatoms. The van der Waals surface area contributed by atoms with E-state index in [0.717, 1.165) is 129 Å². The van der Waals surface area contributed by atoms with E-state index in [-0.39, 0.29) is 46.6 Å². The van der Waals surface area contributed by atoms with Gasteiger partial charge in [-0.3, -0.25) is 49.3 Å². The summed E-state index contributed by atoms with van der Waals surface area (Å²) < 4.78 is 37.5. The average Bonchev–Trinajstić information content (AvgIpc) is 1.97. The van der Waals surface area contributed by atoms with Crippen molar-refractivity contribution in [1.29, 1.82) is 0 Å². The van der Waals surface area contributed by atoms with Crippen LogP contribution in [0.5, 0.6) is 11.5 Å². The highest BCUT2D eigenvalue weighted by Gasteiger charge is 2.41. The van der Waals surface area contributed by atoms with Gasteiger partial charge < -0.3 is 24.8 Å². The number of rotatable bonds is 17. The molecule has 1 atom stereocenters. The number of carbonyl (C=O) groups excluding carboxylic acids is 4. The monoisotopic (exact) mass is 1280 g/mol. The van der Waals surface area contributed by atoms with Crippen molar-refractivity contribution < 1.29 is 37.3 Å². The van der Waals surface area contributed by atoms with Crippen LogP contribution in [0.2, 0.25) is 5.02 Å². The first kappa shape index (κ1) is 60.1. The summed E-state index contributed by atoms with van der Waals surface area (Å²) in [5.74, 6) is -1.20. The molecular weight excluding hydrogens is 1210 g/mol. The van der Waals surface area contributed by atoms with Crippen molar-refractivity contribution in [2.45, 2.75) is 102 Å². The first-order chi connectivity index (χ1) is 41.8. The Hall–Kier alpha value is -7.21. The van der Waals surface area contributed by atoms with Gasteiger partial charge in [-0.15, -0.1) is 0 Å². The number of pyridine rings is 1. The molecule has 6 aliphatic rings. The number of fused-ring (bicyclic) bond motifs is 2. The Bertz CT molecular complexity index is 3820. The Morgan fingerprint density at radius 2 is 1.62 bits per heavy atom. The van der Waals surface area contributed by atoms with Gasteiger partial charge in [-0.2, -0.15) is 0 Å². The maximum atomic E-state index is 14.2. The van der Waals surface area contributed by atoms with Crippen LogP contribution < -0.4 is 25.0 Å². The van der Waals surface area contributed by atoms with Gasteiger partial charge in [0.1, 0.15) is 28.9 Å². The van der Waals surface area contributed by atoms with Gasteiger partial charge in [0.25, 0.3) is 27.5 Å². The highest BCUT2D eigenvalue weighted by molar-refractivity contribution is 9.10. The molecule has 4 amide bonds. The second-order valence-corrected chi connectivity index (χ2v) is 27.8. The van der Waals surface area contributed by atoms with Gasteiger partial charge >= 0.3 is 0 Å². The number of hydrogen-bond acceptors (Lipinski definition) is 15. The number of imide groups is 1. The van der Waals surface area contributed by atoms with Gasteiger partial charge in [-0.25, -0.2) is 18.1 Å². The van der Waals surface area contributed by atoms with E-state index in [0.29, 0.717) is 62.1 Å². The van der Waals surface area contributed by atoms with Crippen LogP contribution in [0.4, 0.5) is 17.1 Å². The summed E-state index contributed by atoms with van der Waals surface area (Å²) in [5.41, 5.74) is 7.91. The minimum atomic E-state index is -4.63. The van der Waals surface area contributed by atoms with E-state index in [4.69, 9.17) is 16.3 Å². The summed E-state index contributed by atoms with van der Waals surface area (Å²) in [7, 11) is -4.63. The standard InChI is InChI=1S/C64H71BrClN11O9S/c1-64(2)19-17-44(52(34-64)42-5-7-45(66)8-6-42)38-73-23-27-75(28-24-73)47-11-13-50(58(32-47)86-48-31-43-18-20-67-60(43)69-36-48)61(79)71-87(84,85)49-12-14-55(57(33-49)77(82)83)68-35-40-3-9-46(10-4-40)74-25-21-72(22-26-74)37-41-29-51-53(54(65)30-41)39-76(63(51)81)56-15-16-59(78)70-62(56)80/h5-8,11-14,18,20,29-33,36,40,46,56,68H,3-4,9-10,15-17,19,21-28,34-35,37-39H2,1-2H3,(H,67,69)(H,71,79)(H,70,78,80)/t40-,46+,56?. The van der Waals surface area contributed by atoms with Crippen molar-refractivity contribution in [1.82, 2.24) is 39.6 Å². The number of nitro benzene ring substituents is 1. The van der Waals surface area contributed by atoms with Gasteiger partial charge in [0, 0.05) is 135 Å². The number of piperazine rings is 2. The first-order valence-corrected chi connectivity index (χ1v) is 32.7. The molecule has 4 N–H and O–H groups in total. The van der Waals surface area contributed by atoms with Crippen molar-refractivity contribution >= 4 is 94.9 Å². The van der Waals surface area contributed by atoms with Crippen LogP contribution in [0, 0.1) is 21.4 Å². The number of sulfonamides is 1. The minimum Gasteiger partial charge on any atom is -0.455 e. The Morgan fingerprint density at radius 3 is 2.37 bits per heavy atom. The number of benzene rings is 4. The van der Waals surface area contributed by atoms with Crippen molar-refractivity contribution in [3.05, 3.63) is 150 Å². The predicted molar refractivity (Wildman–Crippen MR) is 336 cm³/mol. The van der Waals surface area contributed by atoms with Crippen LogP contribution in [0.3, 0.4) is 0 Å². The third kappa shape index (κ3) is 13.5. The topological polar surface area (TPSA) is 236 Å². The van der Waals surface area contributed by atoms with Gasteiger partial charge in [0.2, 0.25) is 11.8 Å². The second kappa shape index (κ2) is 25.1. The zero-order valence-electron chi connectivity index (χ0n) is 48.8. The molecule has 12 rings (SSSR count). The Kier molecular flexibility index (Phi) is 17.3. The van der Waals surface area contributed by atoms with Gasteiger partial charge in [-0.05, 0) is 146 Å². The number of aromatic nitrogens is 2. The number of nitro groups is 1. The highest BCUT2D eigenvalue weighted by atomic mass is 79.9. The van der Waals surface area contributed by atoms with Crippen LogP contribution >= 0.6 is 27.5 Å². The summed E-state index contributed by atoms with van der Waals surface area (Å²) in [5, 5.41) is 19.7. The molecule has 0 bridgehead atoms. The maximum absolute atomic E-state index is 14.2. The number of amides is 4. The number of nitrogens with zero attached hydrogens (tertiary/aromatic N) is 7. The second-order valence-electron chi connectivity index (χ2n) is 24.8. The molecule has 2 aromatic heterocycles. The maximum Gasteiger partial charge on any atom is 0.293 e. The third-order valence-corrected chi connectivity index (χ3v) is 20.7. The fourth-order valence-electron chi connectivity index (χ4n) is 13.5. The summed E-state index contributed by atoms with van der Waals surface area (Å²) in [6.45, 7) is 13.6. The molecule has 2 aliphatic carbocycles. The summed E-state index contributed by atoms with van der Waals surface area (Å²) in [4.78, 5) is 82.3. The van der Waals surface area contributed by atoms with Crippen molar-refractivity contribution in [2.24, 2.45) is 11.3 Å². The number of piperidine rings is 1. The fourth-order valence-corrected chi connectivity index (χ4v) is 15.2. The SMILES string of the molecule is CC1(C)CCC(CN2CCN(c3ccc(C(=O)NS(=O)(=O)c4ccc(NC[C@H]5CC[C@@H](N6CCN(Cc7cc(Br)c8c(c7)C(=O)N(C7CCC(=O)NC7=O)C8)CC6)CC5)c([N+](=O)[O-])c4)c(Oc4cnc5[nH]ccc5c4)c3)CC2)=C(c2ccc(Cl)cc2)C1. The fraction of sp³-hybridized carbons (Fsp3) is 0.422. The lowest BCUT2D eigenvalue weighted by Crippen LogP contribution is -2.52. The molecule has 3 saturated heterocycles. The van der Waals surface area contributed by atoms with Gasteiger partial charge in [0.05, 0.1) is 21.6 Å². The predicted octanol–water partition coefficient (Wildman–Crippen LogP) is 10.1. The zero-order valence-corrected chi connectivity index (χ0v) is 51.9. The average molecular weight is 1290 g/mol. The number of halogens is 2. The number of aromatic amines is 1. The van der Waals surface area contributed by atoms with E-state index in [9.17, 15) is 37.7 Å².